The summed E-state index contributed by atoms with van der Waals surface area (Å²) in [5.41, 5.74) is 0. The number of hydrogen-bond donors (Lipinski definition) is 1. The first kappa shape index (κ1) is 14.4. The average Bonchev–Trinajstić information content (AvgIpc) is 2.55. The van der Waals surface area contributed by atoms with Crippen LogP contribution in [0.4, 0.5) is 0 Å². The molecule has 1 aliphatic heterocycles. The predicted octanol–water partition coefficient (Wildman–Crippen LogP) is 1.41. The fourth-order valence-electron chi connectivity index (χ4n) is 1.75. The van der Waals surface area contributed by atoms with E-state index >= 15 is 0 Å². The molecule has 1 aromatic heterocycles. The molecule has 0 amide bonds. The van der Waals surface area contributed by atoms with Crippen molar-refractivity contribution in [3.63, 3.8) is 0 Å². The van der Waals surface area contributed by atoms with Crippen LogP contribution in [-0.4, -0.2) is 44.1 Å². The third-order valence-electron chi connectivity index (χ3n) is 2.66. The second-order valence-corrected chi connectivity index (χ2v) is 8.24. The van der Waals surface area contributed by atoms with Gasteiger partial charge in [-0.3, -0.25) is 0 Å². The number of sulfonamides is 1. The fraction of sp³-hybridized carbons (Fsp3) is 0.600. The lowest BCUT2D eigenvalue weighted by Gasteiger charge is -2.18. The van der Waals surface area contributed by atoms with Crippen LogP contribution in [0, 0.1) is 0 Å². The summed E-state index contributed by atoms with van der Waals surface area (Å²) >= 11 is 4.49. The zero-order chi connectivity index (χ0) is 13.2. The summed E-state index contributed by atoms with van der Waals surface area (Å²) in [5.74, 6) is 0. The van der Waals surface area contributed by atoms with Crippen molar-refractivity contribution in [3.8, 4) is 0 Å². The van der Waals surface area contributed by atoms with Crippen molar-refractivity contribution in [3.05, 3.63) is 14.7 Å². The highest BCUT2D eigenvalue weighted by molar-refractivity contribution is 9.11. The van der Waals surface area contributed by atoms with Crippen molar-refractivity contribution in [2.45, 2.75) is 17.9 Å². The lowest BCUT2D eigenvalue weighted by atomic mass is 10.5. The number of thiophene rings is 1. The monoisotopic (exact) mass is 355 g/mol. The number of halogens is 1. The Balaban J connectivity index is 2.31. The van der Waals surface area contributed by atoms with E-state index in [0.29, 0.717) is 41.4 Å². The van der Waals surface area contributed by atoms with E-state index in [1.807, 2.05) is 0 Å². The molecule has 2 heterocycles. The molecule has 0 aromatic carbocycles. The van der Waals surface area contributed by atoms with E-state index in [0.717, 1.165) is 0 Å². The molecule has 1 aliphatic rings. The molecule has 0 bridgehead atoms. The molecule has 8 heteroatoms. The minimum absolute atomic E-state index is 0.151. The van der Waals surface area contributed by atoms with E-state index < -0.39 is 10.0 Å². The summed E-state index contributed by atoms with van der Waals surface area (Å²) in [6.45, 7) is 1.71. The Morgan fingerprint density at radius 1 is 1.44 bits per heavy atom. The van der Waals surface area contributed by atoms with Crippen LogP contribution < -0.4 is 0 Å². The van der Waals surface area contributed by atoms with Gasteiger partial charge < -0.3 is 9.84 Å². The highest BCUT2D eigenvalue weighted by Crippen LogP contribution is 2.33. The maximum absolute atomic E-state index is 12.5. The molecule has 18 heavy (non-hydrogen) atoms. The highest BCUT2D eigenvalue weighted by Gasteiger charge is 2.28. The van der Waals surface area contributed by atoms with Crippen LogP contribution >= 0.6 is 27.3 Å². The molecule has 0 spiro atoms. The summed E-state index contributed by atoms with van der Waals surface area (Å²) in [5, 5.41) is 9.06. The van der Waals surface area contributed by atoms with Crippen molar-refractivity contribution in [2.24, 2.45) is 0 Å². The number of rotatable bonds is 3. The highest BCUT2D eigenvalue weighted by atomic mass is 79.9. The Hall–Kier alpha value is 0.01000. The van der Waals surface area contributed by atoms with Crippen LogP contribution in [0.15, 0.2) is 14.7 Å². The first-order valence-corrected chi connectivity index (χ1v) is 8.57. The van der Waals surface area contributed by atoms with E-state index in [1.165, 1.54) is 21.7 Å². The molecule has 1 aromatic rings. The second-order valence-electron chi connectivity index (χ2n) is 3.88. The number of hydrogen-bond acceptors (Lipinski definition) is 5. The Bertz CT molecular complexity index is 506. The molecule has 0 saturated carbocycles. The van der Waals surface area contributed by atoms with E-state index in [9.17, 15) is 8.42 Å². The van der Waals surface area contributed by atoms with Crippen LogP contribution in [0.3, 0.4) is 0 Å². The smallest absolute Gasteiger partial charge is 0.245 e. The Labute approximate surface area is 119 Å². The van der Waals surface area contributed by atoms with Crippen LogP contribution in [0.1, 0.15) is 11.3 Å². The molecule has 102 valence electrons. The van der Waals surface area contributed by atoms with Gasteiger partial charge in [0.1, 0.15) is 4.90 Å². The minimum atomic E-state index is -3.50. The Morgan fingerprint density at radius 2 is 2.22 bits per heavy atom. The van der Waals surface area contributed by atoms with Gasteiger partial charge >= 0.3 is 0 Å². The van der Waals surface area contributed by atoms with Crippen LogP contribution in [0.2, 0.25) is 0 Å². The van der Waals surface area contributed by atoms with E-state index in [4.69, 9.17) is 9.84 Å². The zero-order valence-electron chi connectivity index (χ0n) is 9.63. The van der Waals surface area contributed by atoms with Gasteiger partial charge in [0.25, 0.3) is 0 Å². The summed E-state index contributed by atoms with van der Waals surface area (Å²) < 4.78 is 32.1. The van der Waals surface area contributed by atoms with Gasteiger partial charge in [-0.15, -0.1) is 11.3 Å². The Kier molecular flexibility index (Phi) is 4.79. The van der Waals surface area contributed by atoms with Gasteiger partial charge in [0.2, 0.25) is 10.0 Å². The first-order chi connectivity index (χ1) is 8.55. The summed E-state index contributed by atoms with van der Waals surface area (Å²) in [4.78, 5) is 0.866. The zero-order valence-corrected chi connectivity index (χ0v) is 12.9. The van der Waals surface area contributed by atoms with Gasteiger partial charge in [0.05, 0.1) is 17.0 Å². The standard InChI is InChI=1S/C10H14BrNO4S2/c11-10-9(6-8(7-13)17-10)18(14,15)12-2-1-4-16-5-3-12/h6,13H,1-5,7H2. The first-order valence-electron chi connectivity index (χ1n) is 5.52. The number of aliphatic hydroxyl groups excluding tert-OH is 1. The van der Waals surface area contributed by atoms with Crippen molar-refractivity contribution >= 4 is 37.3 Å². The molecule has 0 unspecified atom stereocenters. The van der Waals surface area contributed by atoms with Gasteiger partial charge in [-0.1, -0.05) is 0 Å². The number of aliphatic hydroxyl groups is 1. The van der Waals surface area contributed by atoms with Crippen molar-refractivity contribution in [2.75, 3.05) is 26.3 Å². The lowest BCUT2D eigenvalue weighted by Crippen LogP contribution is -2.33. The minimum Gasteiger partial charge on any atom is -0.391 e. The molecule has 1 fully saturated rings. The van der Waals surface area contributed by atoms with Gasteiger partial charge in [-0.25, -0.2) is 8.42 Å². The molecule has 1 saturated heterocycles. The summed E-state index contributed by atoms with van der Waals surface area (Å²) in [7, 11) is -3.50. The molecule has 0 aliphatic carbocycles. The molecule has 0 radical (unpaired) electrons. The molecule has 5 nitrogen and oxygen atoms in total. The van der Waals surface area contributed by atoms with Crippen LogP contribution in [0.25, 0.3) is 0 Å². The van der Waals surface area contributed by atoms with Gasteiger partial charge in [0, 0.05) is 24.6 Å². The van der Waals surface area contributed by atoms with Gasteiger partial charge in [-0.05, 0) is 28.4 Å². The van der Waals surface area contributed by atoms with Gasteiger partial charge in [0.15, 0.2) is 0 Å². The third-order valence-corrected chi connectivity index (χ3v) is 6.80. The quantitative estimate of drug-likeness (QED) is 0.890. The molecule has 2 rings (SSSR count). The van der Waals surface area contributed by atoms with E-state index in [1.54, 1.807) is 0 Å². The van der Waals surface area contributed by atoms with Crippen molar-refractivity contribution in [1.29, 1.82) is 0 Å². The summed E-state index contributed by atoms with van der Waals surface area (Å²) in [6, 6.07) is 1.52. The molecule has 0 atom stereocenters. The number of nitrogens with zero attached hydrogens (tertiary/aromatic N) is 1. The van der Waals surface area contributed by atoms with E-state index in [-0.39, 0.29) is 11.5 Å². The molecule has 1 N–H and O–H groups in total. The second kappa shape index (κ2) is 5.98. The maximum atomic E-state index is 12.5. The lowest BCUT2D eigenvalue weighted by molar-refractivity contribution is 0.148. The van der Waals surface area contributed by atoms with Crippen LogP contribution in [0.5, 0.6) is 0 Å². The number of ether oxygens (including phenoxy) is 1. The summed E-state index contributed by atoms with van der Waals surface area (Å²) in [6.07, 6.45) is 0.702. The Morgan fingerprint density at radius 3 is 2.89 bits per heavy atom. The SMILES string of the molecule is O=S(=O)(c1cc(CO)sc1Br)N1CCCOCC1. The van der Waals surface area contributed by atoms with E-state index in [2.05, 4.69) is 15.9 Å². The molecular weight excluding hydrogens is 342 g/mol. The predicted molar refractivity (Wildman–Crippen MR) is 72.1 cm³/mol. The van der Waals surface area contributed by atoms with Crippen LogP contribution in [-0.2, 0) is 21.4 Å². The van der Waals surface area contributed by atoms with Gasteiger partial charge in [-0.2, -0.15) is 4.31 Å². The normalized spacial score (nSPS) is 18.8. The largest absolute Gasteiger partial charge is 0.391 e. The fourth-order valence-corrected chi connectivity index (χ4v) is 5.71. The average molecular weight is 356 g/mol. The maximum Gasteiger partial charge on any atom is 0.245 e. The topological polar surface area (TPSA) is 66.8 Å². The third kappa shape index (κ3) is 2.94. The van der Waals surface area contributed by atoms with Crippen molar-refractivity contribution < 1.29 is 18.3 Å². The molecular formula is C10H14BrNO4S2. The van der Waals surface area contributed by atoms with Crippen molar-refractivity contribution in [1.82, 2.24) is 4.31 Å².